The van der Waals surface area contributed by atoms with E-state index in [2.05, 4.69) is 0 Å². The largest absolute Gasteiger partial charge is 0.524 e. The molecule has 0 aliphatic rings. The number of phosphoric ester groups is 1. The zero-order valence-corrected chi connectivity index (χ0v) is 12.9. The Labute approximate surface area is 132 Å². The first-order chi connectivity index (χ1) is 11.0. The Morgan fingerprint density at radius 3 is 1.61 bits per heavy atom. The number of fused-ring (bicyclic) bond motifs is 6. The van der Waals surface area contributed by atoms with Crippen LogP contribution in [0.3, 0.4) is 0 Å². The molecule has 0 saturated heterocycles. The van der Waals surface area contributed by atoms with Gasteiger partial charge in [-0.05, 0) is 33.0 Å². The van der Waals surface area contributed by atoms with Crippen LogP contribution in [0.2, 0.25) is 0 Å². The fraction of sp³-hybridized carbons (Fsp3) is 0. The molecule has 0 spiro atoms. The number of rotatable bonds is 2. The molecule has 0 fully saturated rings. The van der Waals surface area contributed by atoms with Gasteiger partial charge in [0, 0.05) is 5.39 Å². The molecule has 0 aliphatic heterocycles. The molecular weight excluding hydrogens is 311 g/mol. The van der Waals surface area contributed by atoms with E-state index in [9.17, 15) is 14.4 Å². The second kappa shape index (κ2) is 5.07. The summed E-state index contributed by atoms with van der Waals surface area (Å²) in [6.07, 6.45) is 0. The second-order valence-corrected chi connectivity index (χ2v) is 6.52. The van der Waals surface area contributed by atoms with E-state index in [0.29, 0.717) is 5.39 Å². The minimum atomic E-state index is -4.63. The molecule has 0 atom stereocenters. The van der Waals surface area contributed by atoms with Gasteiger partial charge in [-0.15, -0.1) is 0 Å². The van der Waals surface area contributed by atoms with Crippen LogP contribution in [-0.4, -0.2) is 9.79 Å². The molecule has 0 unspecified atom stereocenters. The Hall–Kier alpha value is -2.39. The molecule has 0 heterocycles. The van der Waals surface area contributed by atoms with Crippen molar-refractivity contribution < 1.29 is 18.9 Å². The fourth-order valence-electron chi connectivity index (χ4n) is 3.13. The Bertz CT molecular complexity index is 1050. The van der Waals surface area contributed by atoms with Gasteiger partial charge in [-0.3, -0.25) is 9.79 Å². The first kappa shape index (κ1) is 14.2. The molecule has 4 rings (SSSR count). The van der Waals surface area contributed by atoms with E-state index >= 15 is 0 Å². The summed E-state index contributed by atoms with van der Waals surface area (Å²) in [5.74, 6) is 0.192. The van der Waals surface area contributed by atoms with Crippen LogP contribution in [0.4, 0.5) is 0 Å². The molecular formula is C18H13O4P. The van der Waals surface area contributed by atoms with Gasteiger partial charge in [0.15, 0.2) is 0 Å². The van der Waals surface area contributed by atoms with Crippen molar-refractivity contribution in [2.75, 3.05) is 0 Å². The van der Waals surface area contributed by atoms with Crippen LogP contribution in [-0.2, 0) is 4.57 Å². The van der Waals surface area contributed by atoms with Gasteiger partial charge < -0.3 is 4.52 Å². The van der Waals surface area contributed by atoms with Crippen LogP contribution < -0.4 is 4.52 Å². The second-order valence-electron chi connectivity index (χ2n) is 5.35. The summed E-state index contributed by atoms with van der Waals surface area (Å²) < 4.78 is 16.3. The lowest BCUT2D eigenvalue weighted by Crippen LogP contribution is -1.92. The lowest BCUT2D eigenvalue weighted by Gasteiger charge is -2.14. The van der Waals surface area contributed by atoms with E-state index < -0.39 is 7.82 Å². The van der Waals surface area contributed by atoms with Crippen molar-refractivity contribution in [1.82, 2.24) is 0 Å². The first-order valence-corrected chi connectivity index (χ1v) is 8.65. The summed E-state index contributed by atoms with van der Waals surface area (Å²) in [7, 11) is -4.63. The summed E-state index contributed by atoms with van der Waals surface area (Å²) in [4.78, 5) is 18.4. The fourth-order valence-corrected chi connectivity index (χ4v) is 3.53. The molecule has 5 heteroatoms. The molecule has 4 aromatic rings. The Balaban J connectivity index is 2.26. The highest BCUT2D eigenvalue weighted by Crippen LogP contribution is 2.45. The number of hydrogen-bond acceptors (Lipinski definition) is 2. The maximum Gasteiger partial charge on any atom is 0.524 e. The molecule has 0 amide bonds. The van der Waals surface area contributed by atoms with E-state index in [1.54, 1.807) is 12.1 Å². The number of hydrogen-bond donors (Lipinski definition) is 2. The van der Waals surface area contributed by atoms with Crippen molar-refractivity contribution in [3.05, 3.63) is 66.7 Å². The van der Waals surface area contributed by atoms with Gasteiger partial charge in [0.05, 0.1) is 0 Å². The third kappa shape index (κ3) is 2.37. The molecule has 0 aliphatic carbocycles. The highest BCUT2D eigenvalue weighted by atomic mass is 31.2. The summed E-state index contributed by atoms with van der Waals surface area (Å²) in [6, 6.07) is 21.1. The van der Waals surface area contributed by atoms with Gasteiger partial charge >= 0.3 is 7.82 Å². The van der Waals surface area contributed by atoms with Crippen molar-refractivity contribution in [1.29, 1.82) is 0 Å². The van der Waals surface area contributed by atoms with Crippen LogP contribution >= 0.6 is 7.82 Å². The van der Waals surface area contributed by atoms with Gasteiger partial charge in [-0.1, -0.05) is 60.7 Å². The molecule has 0 aromatic heterocycles. The third-order valence-corrected chi connectivity index (χ3v) is 4.38. The molecule has 0 radical (unpaired) electrons. The SMILES string of the molecule is O=P(O)(O)Oc1cccc2c3ccccc3c3ccccc3c12. The lowest BCUT2D eigenvalue weighted by atomic mass is 9.94. The Kier molecular flexibility index (Phi) is 3.13. The summed E-state index contributed by atoms with van der Waals surface area (Å²) >= 11 is 0. The molecule has 0 bridgehead atoms. The molecule has 114 valence electrons. The standard InChI is InChI=1S/C18H13O4P/c19-23(20,21)22-17-11-5-10-16-14-7-2-1-6-12(14)13-8-3-4-9-15(13)18(16)17/h1-11H,(H2,19,20,21). The Morgan fingerprint density at radius 2 is 1.09 bits per heavy atom. The summed E-state index contributed by atoms with van der Waals surface area (Å²) in [5, 5.41) is 5.68. The van der Waals surface area contributed by atoms with Crippen molar-refractivity contribution in [3.8, 4) is 5.75 Å². The summed E-state index contributed by atoms with van der Waals surface area (Å²) in [5.41, 5.74) is 0. The smallest absolute Gasteiger partial charge is 0.404 e. The van der Waals surface area contributed by atoms with E-state index in [0.717, 1.165) is 26.9 Å². The number of phosphoric acid groups is 1. The predicted octanol–water partition coefficient (Wildman–Crippen LogP) is 4.62. The molecule has 2 N–H and O–H groups in total. The van der Waals surface area contributed by atoms with Gasteiger partial charge in [0.1, 0.15) is 5.75 Å². The van der Waals surface area contributed by atoms with Crippen molar-refractivity contribution >= 4 is 40.1 Å². The zero-order chi connectivity index (χ0) is 16.0. The minimum absolute atomic E-state index is 0.192. The summed E-state index contributed by atoms with van der Waals surface area (Å²) in [6.45, 7) is 0. The van der Waals surface area contributed by atoms with E-state index in [-0.39, 0.29) is 5.75 Å². The van der Waals surface area contributed by atoms with Crippen molar-refractivity contribution in [3.63, 3.8) is 0 Å². The maximum absolute atomic E-state index is 11.3. The highest BCUT2D eigenvalue weighted by Gasteiger charge is 2.19. The van der Waals surface area contributed by atoms with Crippen LogP contribution in [0.25, 0.3) is 32.3 Å². The topological polar surface area (TPSA) is 66.8 Å². The average Bonchev–Trinajstić information content (AvgIpc) is 2.54. The van der Waals surface area contributed by atoms with Crippen LogP contribution in [0.1, 0.15) is 0 Å². The average molecular weight is 324 g/mol. The number of benzene rings is 4. The minimum Gasteiger partial charge on any atom is -0.404 e. The van der Waals surface area contributed by atoms with Crippen LogP contribution in [0, 0.1) is 0 Å². The lowest BCUT2D eigenvalue weighted by molar-refractivity contribution is 0.284. The van der Waals surface area contributed by atoms with Crippen molar-refractivity contribution in [2.24, 2.45) is 0 Å². The zero-order valence-electron chi connectivity index (χ0n) is 12.0. The quantitative estimate of drug-likeness (QED) is 0.417. The first-order valence-electron chi connectivity index (χ1n) is 7.12. The van der Waals surface area contributed by atoms with Crippen LogP contribution in [0.5, 0.6) is 5.75 Å². The Morgan fingerprint density at radius 1 is 0.652 bits per heavy atom. The molecule has 4 nitrogen and oxygen atoms in total. The van der Waals surface area contributed by atoms with E-state index in [1.165, 1.54) is 0 Å². The predicted molar refractivity (Wildman–Crippen MR) is 91.6 cm³/mol. The molecule has 23 heavy (non-hydrogen) atoms. The normalized spacial score (nSPS) is 12.1. The van der Waals surface area contributed by atoms with Crippen molar-refractivity contribution in [2.45, 2.75) is 0 Å². The van der Waals surface area contributed by atoms with Crippen LogP contribution in [0.15, 0.2) is 66.7 Å². The highest BCUT2D eigenvalue weighted by molar-refractivity contribution is 7.46. The van der Waals surface area contributed by atoms with Gasteiger partial charge in [-0.25, -0.2) is 4.57 Å². The van der Waals surface area contributed by atoms with Gasteiger partial charge in [0.2, 0.25) is 0 Å². The third-order valence-electron chi connectivity index (χ3n) is 3.95. The molecule has 0 saturated carbocycles. The van der Waals surface area contributed by atoms with E-state index in [1.807, 2.05) is 54.6 Å². The van der Waals surface area contributed by atoms with Gasteiger partial charge in [0.25, 0.3) is 0 Å². The van der Waals surface area contributed by atoms with E-state index in [4.69, 9.17) is 4.52 Å². The van der Waals surface area contributed by atoms with Gasteiger partial charge in [-0.2, -0.15) is 0 Å². The molecule has 4 aromatic carbocycles. The maximum atomic E-state index is 11.3. The monoisotopic (exact) mass is 324 g/mol.